The lowest BCUT2D eigenvalue weighted by molar-refractivity contribution is -0.384. The normalized spacial score (nSPS) is 21.9. The Bertz CT molecular complexity index is 1300. The predicted molar refractivity (Wildman–Crippen MR) is 137 cm³/mol. The number of benzene rings is 2. The minimum Gasteiger partial charge on any atom is -0.497 e. The number of nitrogens with one attached hydrogen (secondary N) is 1. The molecule has 1 aliphatic heterocycles. The first-order valence-corrected chi connectivity index (χ1v) is 12.7. The SMILES string of the molecule is COc1ccc([C@@H]2CC(=O)C3=C(C2)NC(C)=C(C(=O)OC2CCCC2)[C@H]3c2cccc([N+](=O)[O-])c2)cc1. The van der Waals surface area contributed by atoms with E-state index in [0.717, 1.165) is 42.7 Å². The summed E-state index contributed by atoms with van der Waals surface area (Å²) in [7, 11) is 1.61. The number of non-ortho nitro benzene ring substituents is 1. The van der Waals surface area contributed by atoms with Crippen molar-refractivity contribution in [3.63, 3.8) is 0 Å². The van der Waals surface area contributed by atoms with Crippen molar-refractivity contribution in [1.29, 1.82) is 0 Å². The first-order chi connectivity index (χ1) is 17.9. The van der Waals surface area contributed by atoms with Crippen LogP contribution in [0.15, 0.2) is 71.1 Å². The van der Waals surface area contributed by atoms with E-state index in [2.05, 4.69) is 5.32 Å². The van der Waals surface area contributed by atoms with Crippen LogP contribution in [0.2, 0.25) is 0 Å². The van der Waals surface area contributed by atoms with Crippen molar-refractivity contribution in [2.45, 2.75) is 63.4 Å². The maximum atomic E-state index is 13.7. The van der Waals surface area contributed by atoms with Gasteiger partial charge in [-0.05, 0) is 68.2 Å². The smallest absolute Gasteiger partial charge is 0.337 e. The van der Waals surface area contributed by atoms with Gasteiger partial charge in [0.2, 0.25) is 0 Å². The molecule has 192 valence electrons. The number of dihydropyridines is 1. The summed E-state index contributed by atoms with van der Waals surface area (Å²) in [6.07, 6.45) is 4.40. The Morgan fingerprint density at radius 1 is 1.05 bits per heavy atom. The first-order valence-electron chi connectivity index (χ1n) is 12.7. The van der Waals surface area contributed by atoms with Crippen LogP contribution in [0, 0.1) is 10.1 Å². The van der Waals surface area contributed by atoms with Crippen LogP contribution < -0.4 is 10.1 Å². The molecule has 0 unspecified atom stereocenters. The fourth-order valence-corrected chi connectivity index (χ4v) is 5.79. The van der Waals surface area contributed by atoms with Crippen LogP contribution in [0.25, 0.3) is 0 Å². The minimum absolute atomic E-state index is 0.0322. The van der Waals surface area contributed by atoms with Crippen molar-refractivity contribution < 1.29 is 24.0 Å². The van der Waals surface area contributed by atoms with Gasteiger partial charge in [-0.15, -0.1) is 0 Å². The Labute approximate surface area is 215 Å². The van der Waals surface area contributed by atoms with Gasteiger partial charge in [-0.3, -0.25) is 14.9 Å². The van der Waals surface area contributed by atoms with Crippen LogP contribution in [0.1, 0.15) is 68.4 Å². The average Bonchev–Trinajstić information content (AvgIpc) is 3.40. The molecule has 0 amide bonds. The molecule has 37 heavy (non-hydrogen) atoms. The van der Waals surface area contributed by atoms with E-state index in [-0.39, 0.29) is 29.9 Å². The second-order valence-corrected chi connectivity index (χ2v) is 9.95. The highest BCUT2D eigenvalue weighted by Crippen LogP contribution is 2.46. The topological polar surface area (TPSA) is 108 Å². The molecule has 2 aromatic carbocycles. The number of hydrogen-bond donors (Lipinski definition) is 1. The van der Waals surface area contributed by atoms with E-state index >= 15 is 0 Å². The van der Waals surface area contributed by atoms with Crippen LogP contribution >= 0.6 is 0 Å². The monoisotopic (exact) mass is 502 g/mol. The Morgan fingerprint density at radius 3 is 2.46 bits per heavy atom. The number of methoxy groups -OCH3 is 1. The number of nitro benzene ring substituents is 1. The van der Waals surface area contributed by atoms with Gasteiger partial charge in [-0.25, -0.2) is 4.79 Å². The van der Waals surface area contributed by atoms with E-state index in [4.69, 9.17) is 9.47 Å². The van der Waals surface area contributed by atoms with Gasteiger partial charge in [0.15, 0.2) is 5.78 Å². The zero-order chi connectivity index (χ0) is 26.1. The van der Waals surface area contributed by atoms with E-state index < -0.39 is 16.8 Å². The molecule has 2 aromatic rings. The lowest BCUT2D eigenvalue weighted by atomic mass is 9.71. The number of ketones is 1. The zero-order valence-corrected chi connectivity index (χ0v) is 21.0. The number of rotatable bonds is 6. The molecule has 0 saturated heterocycles. The van der Waals surface area contributed by atoms with Gasteiger partial charge in [0.25, 0.3) is 5.69 Å². The third kappa shape index (κ3) is 4.88. The number of nitro groups is 1. The standard InChI is InChI=1S/C29H30N2O6/c1-17-26(29(33)37-23-8-3-4-9-23)27(19-6-5-7-21(14-19)31(34)35)28-24(30-17)15-20(16-25(28)32)18-10-12-22(36-2)13-11-18/h5-7,10-14,20,23,27,30H,3-4,8-9,15-16H2,1-2H3/t20-,27+/m0/s1. The summed E-state index contributed by atoms with van der Waals surface area (Å²) in [4.78, 5) is 38.3. The molecule has 0 aromatic heterocycles. The maximum absolute atomic E-state index is 13.7. The van der Waals surface area contributed by atoms with E-state index in [0.29, 0.717) is 28.8 Å². The van der Waals surface area contributed by atoms with E-state index in [1.807, 2.05) is 24.3 Å². The minimum atomic E-state index is -0.727. The van der Waals surface area contributed by atoms with Crippen LogP contribution in [-0.2, 0) is 14.3 Å². The quantitative estimate of drug-likeness (QED) is 0.318. The molecule has 1 fully saturated rings. The number of Topliss-reactive ketones (excluding diaryl/α,β-unsaturated/α-hetero) is 1. The van der Waals surface area contributed by atoms with E-state index in [1.165, 1.54) is 12.1 Å². The molecule has 0 bridgehead atoms. The van der Waals surface area contributed by atoms with Crippen LogP contribution in [0.4, 0.5) is 5.69 Å². The van der Waals surface area contributed by atoms with Gasteiger partial charge in [0.05, 0.1) is 17.6 Å². The molecule has 3 aliphatic rings. The van der Waals surface area contributed by atoms with Crippen LogP contribution in [-0.4, -0.2) is 29.9 Å². The number of allylic oxidation sites excluding steroid dienone is 3. The lowest BCUT2D eigenvalue weighted by Crippen LogP contribution is -2.36. The molecule has 2 atom stereocenters. The first kappa shape index (κ1) is 24.7. The zero-order valence-electron chi connectivity index (χ0n) is 21.0. The Hall–Kier alpha value is -3.94. The summed E-state index contributed by atoms with van der Waals surface area (Å²) in [5.41, 5.74) is 3.69. The highest BCUT2D eigenvalue weighted by molar-refractivity contribution is 6.04. The molecule has 2 aliphatic carbocycles. The summed E-state index contributed by atoms with van der Waals surface area (Å²) in [6.45, 7) is 1.81. The van der Waals surface area contributed by atoms with Crippen molar-refractivity contribution in [2.75, 3.05) is 7.11 Å². The number of carbonyl (C=O) groups excluding carboxylic acids is 2. The van der Waals surface area contributed by atoms with E-state index in [9.17, 15) is 19.7 Å². The molecule has 8 heteroatoms. The van der Waals surface area contributed by atoms with Gasteiger partial charge in [0.1, 0.15) is 11.9 Å². The molecule has 1 heterocycles. The second-order valence-electron chi connectivity index (χ2n) is 9.95. The number of esters is 1. The van der Waals surface area contributed by atoms with E-state index in [1.54, 1.807) is 26.2 Å². The van der Waals surface area contributed by atoms with Gasteiger partial charge >= 0.3 is 5.97 Å². The fraction of sp³-hybridized carbons (Fsp3) is 0.379. The maximum Gasteiger partial charge on any atom is 0.337 e. The number of hydrogen-bond acceptors (Lipinski definition) is 7. The molecule has 8 nitrogen and oxygen atoms in total. The number of carbonyl (C=O) groups is 2. The van der Waals surface area contributed by atoms with Crippen molar-refractivity contribution >= 4 is 17.4 Å². The van der Waals surface area contributed by atoms with Gasteiger partial charge in [0, 0.05) is 41.4 Å². The summed E-state index contributed by atoms with van der Waals surface area (Å²) in [5.74, 6) is -0.559. The highest BCUT2D eigenvalue weighted by atomic mass is 16.6. The Kier molecular flexibility index (Phi) is 6.82. The largest absolute Gasteiger partial charge is 0.497 e. The Balaban J connectivity index is 1.55. The van der Waals surface area contributed by atoms with Crippen molar-refractivity contribution in [2.24, 2.45) is 0 Å². The second kappa shape index (κ2) is 10.2. The van der Waals surface area contributed by atoms with Crippen molar-refractivity contribution in [3.8, 4) is 5.75 Å². The summed E-state index contributed by atoms with van der Waals surface area (Å²) >= 11 is 0. The molecular formula is C29H30N2O6. The molecule has 1 saturated carbocycles. The van der Waals surface area contributed by atoms with Gasteiger partial charge in [-0.2, -0.15) is 0 Å². The van der Waals surface area contributed by atoms with Gasteiger partial charge in [-0.1, -0.05) is 24.3 Å². The molecule has 1 N–H and O–H groups in total. The Morgan fingerprint density at radius 2 is 1.78 bits per heavy atom. The number of ether oxygens (including phenoxy) is 2. The van der Waals surface area contributed by atoms with Gasteiger partial charge < -0.3 is 14.8 Å². The highest BCUT2D eigenvalue weighted by Gasteiger charge is 2.42. The van der Waals surface area contributed by atoms with Crippen LogP contribution in [0.3, 0.4) is 0 Å². The van der Waals surface area contributed by atoms with Crippen LogP contribution in [0.5, 0.6) is 5.75 Å². The van der Waals surface area contributed by atoms with Crippen molar-refractivity contribution in [1.82, 2.24) is 5.32 Å². The fourth-order valence-electron chi connectivity index (χ4n) is 5.79. The summed E-state index contributed by atoms with van der Waals surface area (Å²) < 4.78 is 11.1. The predicted octanol–water partition coefficient (Wildman–Crippen LogP) is 5.45. The lowest BCUT2D eigenvalue weighted by Gasteiger charge is -2.37. The number of nitrogens with zero attached hydrogens (tertiary/aromatic N) is 1. The third-order valence-electron chi connectivity index (χ3n) is 7.62. The molecule has 0 radical (unpaired) electrons. The van der Waals surface area contributed by atoms with Crippen molar-refractivity contribution in [3.05, 3.63) is 92.3 Å². The summed E-state index contributed by atoms with van der Waals surface area (Å²) in [5, 5.41) is 14.9. The third-order valence-corrected chi connectivity index (χ3v) is 7.62. The average molecular weight is 503 g/mol. The summed E-state index contributed by atoms with van der Waals surface area (Å²) in [6, 6.07) is 13.9. The molecular weight excluding hydrogens is 472 g/mol. The molecule has 5 rings (SSSR count). The molecule has 0 spiro atoms.